The van der Waals surface area contributed by atoms with Crippen molar-refractivity contribution in [3.63, 3.8) is 0 Å². The largest absolute Gasteiger partial charge is 0.382 e. The Bertz CT molecular complexity index is 1030. The minimum atomic E-state index is -0.509. The Morgan fingerprint density at radius 2 is 1.93 bits per heavy atom. The molecule has 3 rings (SSSR count). The first-order chi connectivity index (χ1) is 13.8. The first kappa shape index (κ1) is 21.7. The number of aryl methyl sites for hydroxylation is 2. The molecule has 2 N–H and O–H groups in total. The van der Waals surface area contributed by atoms with E-state index in [2.05, 4.69) is 13.8 Å². The van der Waals surface area contributed by atoms with Gasteiger partial charge in [0.15, 0.2) is 0 Å². The summed E-state index contributed by atoms with van der Waals surface area (Å²) in [5.41, 5.74) is 12.9. The smallest absolute Gasteiger partial charge is 0.112 e. The molecule has 0 aliphatic rings. The van der Waals surface area contributed by atoms with Crippen LogP contribution in [-0.4, -0.2) is 34.9 Å². The molecule has 0 amide bonds. The molecule has 5 nitrogen and oxygen atoms in total. The maximum atomic E-state index is 13.6. The number of rotatable bonds is 7. The predicted octanol–water partition coefficient (Wildman–Crippen LogP) is 5.11. The summed E-state index contributed by atoms with van der Waals surface area (Å²) >= 11 is 6.51. The second-order valence-corrected chi connectivity index (χ2v) is 8.12. The van der Waals surface area contributed by atoms with E-state index in [-0.39, 0.29) is 12.0 Å². The summed E-state index contributed by atoms with van der Waals surface area (Å²) in [6, 6.07) is 3.56. The van der Waals surface area contributed by atoms with Crippen LogP contribution in [0.5, 0.6) is 0 Å². The summed E-state index contributed by atoms with van der Waals surface area (Å²) in [6.07, 6.45) is 1.93. The molecule has 0 bridgehead atoms. The van der Waals surface area contributed by atoms with Gasteiger partial charge in [0.2, 0.25) is 0 Å². The van der Waals surface area contributed by atoms with Crippen molar-refractivity contribution in [1.82, 2.24) is 14.5 Å². The average molecular weight is 419 g/mol. The van der Waals surface area contributed by atoms with E-state index in [0.29, 0.717) is 18.2 Å². The van der Waals surface area contributed by atoms with Gasteiger partial charge in [0.05, 0.1) is 45.8 Å². The molecule has 156 valence electrons. The van der Waals surface area contributed by atoms with E-state index in [0.717, 1.165) is 44.8 Å². The zero-order chi connectivity index (χ0) is 21.3. The topological polar surface area (TPSA) is 66.0 Å². The number of ether oxygens (including phenoxy) is 1. The second-order valence-electron chi connectivity index (χ2n) is 7.71. The standard InChI is InChI=1S/C22H28ClFN4O/c1-12(2)20-17(23)7-16(18(9-25)26-20)21-13(3)6-19-22(27-21)14(4)10-28(19)15(8-24)11-29-5/h6-7,10,12,15H,8-9,11,25H2,1-5H3/t15-/m0/s1. The molecule has 0 unspecified atom stereocenters. The van der Waals surface area contributed by atoms with E-state index >= 15 is 0 Å². The number of nitrogens with zero attached hydrogens (tertiary/aromatic N) is 3. The number of alkyl halides is 1. The third kappa shape index (κ3) is 4.02. The lowest BCUT2D eigenvalue weighted by atomic mass is 10.0. The van der Waals surface area contributed by atoms with E-state index in [1.54, 1.807) is 7.11 Å². The number of aromatic nitrogens is 3. The number of hydrogen-bond acceptors (Lipinski definition) is 4. The average Bonchev–Trinajstić information content (AvgIpc) is 3.00. The Hall–Kier alpha value is -2.02. The van der Waals surface area contributed by atoms with Crippen LogP contribution in [0, 0.1) is 13.8 Å². The Balaban J connectivity index is 2.21. The van der Waals surface area contributed by atoms with Gasteiger partial charge < -0.3 is 15.0 Å². The Labute approximate surface area is 176 Å². The first-order valence-corrected chi connectivity index (χ1v) is 10.1. The maximum absolute atomic E-state index is 13.6. The lowest BCUT2D eigenvalue weighted by molar-refractivity contribution is 0.142. The van der Waals surface area contributed by atoms with E-state index in [1.807, 2.05) is 36.7 Å². The van der Waals surface area contributed by atoms with Crippen LogP contribution in [0.4, 0.5) is 4.39 Å². The molecule has 0 aliphatic carbocycles. The van der Waals surface area contributed by atoms with Gasteiger partial charge in [-0.2, -0.15) is 0 Å². The van der Waals surface area contributed by atoms with Crippen LogP contribution in [0.2, 0.25) is 5.02 Å². The Morgan fingerprint density at radius 1 is 1.21 bits per heavy atom. The highest BCUT2D eigenvalue weighted by atomic mass is 35.5. The van der Waals surface area contributed by atoms with Crippen molar-refractivity contribution in [2.24, 2.45) is 5.73 Å². The second kappa shape index (κ2) is 8.78. The number of nitrogens with two attached hydrogens (primary N) is 1. The van der Waals surface area contributed by atoms with Crippen molar-refractivity contribution in [1.29, 1.82) is 0 Å². The van der Waals surface area contributed by atoms with E-state index in [1.165, 1.54) is 0 Å². The normalized spacial score (nSPS) is 12.9. The zero-order valence-electron chi connectivity index (χ0n) is 17.6. The molecule has 0 saturated heterocycles. The van der Waals surface area contributed by atoms with E-state index in [9.17, 15) is 4.39 Å². The Morgan fingerprint density at radius 3 is 2.52 bits per heavy atom. The van der Waals surface area contributed by atoms with Crippen LogP contribution < -0.4 is 5.73 Å². The van der Waals surface area contributed by atoms with Crippen molar-refractivity contribution in [2.45, 2.75) is 46.2 Å². The van der Waals surface area contributed by atoms with Gasteiger partial charge in [-0.3, -0.25) is 4.98 Å². The van der Waals surface area contributed by atoms with Crippen molar-refractivity contribution >= 4 is 22.6 Å². The quantitative estimate of drug-likeness (QED) is 0.579. The van der Waals surface area contributed by atoms with Gasteiger partial charge in [-0.05, 0) is 43.0 Å². The number of methoxy groups -OCH3 is 1. The lowest BCUT2D eigenvalue weighted by Crippen LogP contribution is -2.16. The molecule has 0 saturated carbocycles. The van der Waals surface area contributed by atoms with Gasteiger partial charge in [-0.25, -0.2) is 9.37 Å². The van der Waals surface area contributed by atoms with Crippen molar-refractivity contribution < 1.29 is 9.13 Å². The highest BCUT2D eigenvalue weighted by molar-refractivity contribution is 6.31. The number of halogens is 2. The van der Waals surface area contributed by atoms with Crippen molar-refractivity contribution in [3.05, 3.63) is 45.9 Å². The van der Waals surface area contributed by atoms with Crippen LogP contribution in [0.15, 0.2) is 18.3 Å². The minimum absolute atomic E-state index is 0.202. The van der Waals surface area contributed by atoms with Gasteiger partial charge in [0.25, 0.3) is 0 Å². The molecule has 1 atom stereocenters. The van der Waals surface area contributed by atoms with Gasteiger partial charge in [0.1, 0.15) is 6.67 Å². The SMILES string of the molecule is COC[C@H](CF)n1cc(C)c2nc(-c3cc(Cl)c(C(C)C)nc3CN)c(C)cc21. The van der Waals surface area contributed by atoms with Crippen molar-refractivity contribution in [2.75, 3.05) is 20.4 Å². The van der Waals surface area contributed by atoms with Gasteiger partial charge in [-0.15, -0.1) is 0 Å². The molecule has 3 heterocycles. The third-order valence-corrected chi connectivity index (χ3v) is 5.49. The number of hydrogen-bond donors (Lipinski definition) is 1. The molecule has 0 fully saturated rings. The van der Waals surface area contributed by atoms with Crippen LogP contribution >= 0.6 is 11.6 Å². The molecule has 29 heavy (non-hydrogen) atoms. The molecule has 0 spiro atoms. The highest BCUT2D eigenvalue weighted by Crippen LogP contribution is 2.34. The van der Waals surface area contributed by atoms with Crippen molar-refractivity contribution in [3.8, 4) is 11.3 Å². The molecule has 0 aliphatic heterocycles. The van der Waals surface area contributed by atoms with E-state index in [4.69, 9.17) is 32.0 Å². The molecule has 0 radical (unpaired) electrons. The first-order valence-electron chi connectivity index (χ1n) is 9.75. The highest BCUT2D eigenvalue weighted by Gasteiger charge is 2.20. The summed E-state index contributed by atoms with van der Waals surface area (Å²) in [7, 11) is 1.58. The molecule has 7 heteroatoms. The zero-order valence-corrected chi connectivity index (χ0v) is 18.3. The minimum Gasteiger partial charge on any atom is -0.382 e. The fraction of sp³-hybridized carbons (Fsp3) is 0.455. The fourth-order valence-electron chi connectivity index (χ4n) is 3.70. The molecule has 0 aromatic carbocycles. The summed E-state index contributed by atoms with van der Waals surface area (Å²) in [4.78, 5) is 9.64. The molecular formula is C22H28ClFN4O. The summed E-state index contributed by atoms with van der Waals surface area (Å²) in [5, 5.41) is 0.611. The summed E-state index contributed by atoms with van der Waals surface area (Å²) in [6.45, 7) is 8.15. The van der Waals surface area contributed by atoms with Gasteiger partial charge in [-0.1, -0.05) is 25.4 Å². The molecular weight excluding hydrogens is 391 g/mol. The van der Waals surface area contributed by atoms with Gasteiger partial charge >= 0.3 is 0 Å². The molecule has 3 aromatic rings. The van der Waals surface area contributed by atoms with Crippen LogP contribution in [0.1, 0.15) is 48.3 Å². The van der Waals surface area contributed by atoms with Crippen LogP contribution in [0.25, 0.3) is 22.3 Å². The van der Waals surface area contributed by atoms with Crippen LogP contribution in [-0.2, 0) is 11.3 Å². The van der Waals surface area contributed by atoms with Crippen LogP contribution in [0.3, 0.4) is 0 Å². The summed E-state index contributed by atoms with van der Waals surface area (Å²) in [5.74, 6) is 0.202. The number of pyridine rings is 2. The van der Waals surface area contributed by atoms with E-state index < -0.39 is 6.67 Å². The Kier molecular flexibility index (Phi) is 6.56. The monoisotopic (exact) mass is 418 g/mol. The third-order valence-electron chi connectivity index (χ3n) is 5.19. The summed E-state index contributed by atoms with van der Waals surface area (Å²) < 4.78 is 20.7. The lowest BCUT2D eigenvalue weighted by Gasteiger charge is -2.17. The number of fused-ring (bicyclic) bond motifs is 1. The predicted molar refractivity (Wildman–Crippen MR) is 116 cm³/mol. The maximum Gasteiger partial charge on any atom is 0.112 e. The fourth-order valence-corrected chi connectivity index (χ4v) is 4.07. The van der Waals surface area contributed by atoms with Gasteiger partial charge in [0, 0.05) is 25.4 Å². The molecule has 3 aromatic heterocycles.